The molecule has 3 rings (SSSR count). The lowest BCUT2D eigenvalue weighted by atomic mass is 10.1. The molecule has 2 aromatic carbocycles. The molecule has 5 heteroatoms. The van der Waals surface area contributed by atoms with Gasteiger partial charge in [-0.05, 0) is 49.7 Å². The predicted molar refractivity (Wildman–Crippen MR) is 97.2 cm³/mol. The van der Waals surface area contributed by atoms with E-state index >= 15 is 0 Å². The molecule has 0 saturated heterocycles. The molecule has 0 radical (unpaired) electrons. The van der Waals surface area contributed by atoms with Crippen molar-refractivity contribution in [3.63, 3.8) is 0 Å². The fourth-order valence-electron chi connectivity index (χ4n) is 2.31. The van der Waals surface area contributed by atoms with Gasteiger partial charge in [-0.25, -0.2) is 4.98 Å². The number of nitrogens with two attached hydrogens (primary N) is 1. The first kappa shape index (κ1) is 15.8. The number of thiazole rings is 1. The number of hydrogen-bond donors (Lipinski definition) is 1. The lowest BCUT2D eigenvalue weighted by Crippen LogP contribution is -2.02. The molecule has 3 aromatic rings. The second kappa shape index (κ2) is 6.60. The van der Waals surface area contributed by atoms with Crippen LogP contribution >= 0.6 is 22.9 Å². The van der Waals surface area contributed by atoms with Gasteiger partial charge >= 0.3 is 0 Å². The third-order valence-electron chi connectivity index (χ3n) is 3.57. The van der Waals surface area contributed by atoms with Crippen LogP contribution in [0.3, 0.4) is 0 Å². The van der Waals surface area contributed by atoms with Crippen LogP contribution in [-0.4, -0.2) is 4.98 Å². The highest BCUT2D eigenvalue weighted by Crippen LogP contribution is 2.30. The number of aromatic nitrogens is 1. The minimum absolute atomic E-state index is 0.349. The Balaban J connectivity index is 1.79. The average molecular weight is 345 g/mol. The Morgan fingerprint density at radius 1 is 1.22 bits per heavy atom. The lowest BCUT2D eigenvalue weighted by Gasteiger charge is -2.12. The van der Waals surface area contributed by atoms with Gasteiger partial charge in [-0.3, -0.25) is 0 Å². The summed E-state index contributed by atoms with van der Waals surface area (Å²) in [5.74, 6) is 0.821. The normalized spacial score (nSPS) is 10.7. The fraction of sp³-hybridized carbons (Fsp3) is 0.167. The minimum Gasteiger partial charge on any atom is -0.488 e. The van der Waals surface area contributed by atoms with Crippen molar-refractivity contribution in [3.8, 4) is 16.3 Å². The summed E-state index contributed by atoms with van der Waals surface area (Å²) >= 11 is 7.82. The van der Waals surface area contributed by atoms with Crippen molar-refractivity contribution in [2.45, 2.75) is 20.5 Å². The molecule has 0 atom stereocenters. The monoisotopic (exact) mass is 344 g/mol. The first-order valence-electron chi connectivity index (χ1n) is 7.23. The summed E-state index contributed by atoms with van der Waals surface area (Å²) in [6, 6.07) is 11.6. The Bertz CT molecular complexity index is 825. The fourth-order valence-corrected chi connectivity index (χ4v) is 3.34. The molecule has 0 fully saturated rings. The maximum Gasteiger partial charge on any atom is 0.123 e. The molecule has 0 saturated carbocycles. The van der Waals surface area contributed by atoms with E-state index in [0.717, 1.165) is 33.1 Å². The van der Waals surface area contributed by atoms with Crippen LogP contribution in [-0.2, 0) is 6.61 Å². The number of nitrogens with zero attached hydrogens (tertiary/aromatic N) is 1. The van der Waals surface area contributed by atoms with Gasteiger partial charge < -0.3 is 10.5 Å². The predicted octanol–water partition coefficient (Wildman–Crippen LogP) is 5.24. The Morgan fingerprint density at radius 2 is 2.04 bits per heavy atom. The third kappa shape index (κ3) is 3.49. The number of anilines is 1. The highest BCUT2D eigenvalue weighted by atomic mass is 35.5. The quantitative estimate of drug-likeness (QED) is 0.658. The molecule has 3 nitrogen and oxygen atoms in total. The van der Waals surface area contributed by atoms with E-state index in [9.17, 15) is 0 Å². The van der Waals surface area contributed by atoms with E-state index < -0.39 is 0 Å². The Labute approximate surface area is 144 Å². The summed E-state index contributed by atoms with van der Waals surface area (Å²) in [7, 11) is 0. The number of halogens is 1. The number of rotatable bonds is 4. The molecular formula is C18H17ClN2OS. The van der Waals surface area contributed by atoms with Crippen LogP contribution < -0.4 is 10.5 Å². The zero-order chi connectivity index (χ0) is 16.4. The summed E-state index contributed by atoms with van der Waals surface area (Å²) in [5.41, 5.74) is 10.6. The van der Waals surface area contributed by atoms with Gasteiger partial charge in [0, 0.05) is 32.9 Å². The SMILES string of the molecule is Cc1csc(-c2ccc(OCc3c(N)cccc3Cl)c(C)c2)n1. The molecule has 23 heavy (non-hydrogen) atoms. The van der Waals surface area contributed by atoms with E-state index in [4.69, 9.17) is 22.1 Å². The van der Waals surface area contributed by atoms with Crippen molar-refractivity contribution < 1.29 is 4.74 Å². The van der Waals surface area contributed by atoms with E-state index in [1.54, 1.807) is 11.3 Å². The van der Waals surface area contributed by atoms with Crippen molar-refractivity contribution in [3.05, 3.63) is 63.6 Å². The zero-order valence-corrected chi connectivity index (χ0v) is 14.5. The van der Waals surface area contributed by atoms with Crippen molar-refractivity contribution in [1.29, 1.82) is 0 Å². The molecule has 0 spiro atoms. The van der Waals surface area contributed by atoms with Gasteiger partial charge in [0.15, 0.2) is 0 Å². The molecule has 0 amide bonds. The third-order valence-corrected chi connectivity index (χ3v) is 4.93. The largest absolute Gasteiger partial charge is 0.488 e. The number of benzene rings is 2. The summed E-state index contributed by atoms with van der Waals surface area (Å²) in [5, 5.41) is 3.69. The summed E-state index contributed by atoms with van der Waals surface area (Å²) in [4.78, 5) is 4.51. The lowest BCUT2D eigenvalue weighted by molar-refractivity contribution is 0.305. The Morgan fingerprint density at radius 3 is 2.70 bits per heavy atom. The first-order valence-corrected chi connectivity index (χ1v) is 8.49. The van der Waals surface area contributed by atoms with Crippen LogP contribution in [0, 0.1) is 13.8 Å². The Kier molecular flexibility index (Phi) is 4.55. The summed E-state index contributed by atoms with van der Waals surface area (Å²) < 4.78 is 5.90. The van der Waals surface area contributed by atoms with Gasteiger partial charge in [0.2, 0.25) is 0 Å². The van der Waals surface area contributed by atoms with E-state index in [2.05, 4.69) is 16.4 Å². The maximum absolute atomic E-state index is 6.18. The van der Waals surface area contributed by atoms with E-state index in [1.165, 1.54) is 0 Å². The van der Waals surface area contributed by atoms with Crippen LogP contribution in [0.2, 0.25) is 5.02 Å². The molecule has 1 aromatic heterocycles. The molecule has 0 bridgehead atoms. The van der Waals surface area contributed by atoms with Crippen LogP contribution in [0.5, 0.6) is 5.75 Å². The summed E-state index contributed by atoms with van der Waals surface area (Å²) in [6.07, 6.45) is 0. The molecule has 0 unspecified atom stereocenters. The van der Waals surface area contributed by atoms with Crippen LogP contribution in [0.25, 0.3) is 10.6 Å². The molecule has 1 heterocycles. The molecule has 2 N–H and O–H groups in total. The highest BCUT2D eigenvalue weighted by molar-refractivity contribution is 7.13. The average Bonchev–Trinajstić information content (AvgIpc) is 2.94. The molecular weight excluding hydrogens is 328 g/mol. The van der Waals surface area contributed by atoms with Gasteiger partial charge in [-0.1, -0.05) is 17.7 Å². The van der Waals surface area contributed by atoms with Crippen molar-refractivity contribution in [1.82, 2.24) is 4.98 Å². The second-order valence-corrected chi connectivity index (χ2v) is 6.64. The number of aryl methyl sites for hydroxylation is 2. The minimum atomic E-state index is 0.349. The second-order valence-electron chi connectivity index (χ2n) is 5.37. The van der Waals surface area contributed by atoms with Gasteiger partial charge in [0.05, 0.1) is 0 Å². The smallest absolute Gasteiger partial charge is 0.123 e. The van der Waals surface area contributed by atoms with Crippen LogP contribution in [0.4, 0.5) is 5.69 Å². The van der Waals surface area contributed by atoms with Gasteiger partial charge in [-0.15, -0.1) is 11.3 Å². The number of hydrogen-bond acceptors (Lipinski definition) is 4. The molecule has 0 aliphatic carbocycles. The maximum atomic E-state index is 6.18. The number of nitrogen functional groups attached to an aromatic ring is 1. The Hall–Kier alpha value is -2.04. The molecule has 118 valence electrons. The van der Waals surface area contributed by atoms with Crippen molar-refractivity contribution in [2.24, 2.45) is 0 Å². The zero-order valence-electron chi connectivity index (χ0n) is 13.0. The topological polar surface area (TPSA) is 48.1 Å². The van der Waals surface area contributed by atoms with Crippen molar-refractivity contribution >= 4 is 28.6 Å². The molecule has 0 aliphatic rings. The number of ether oxygens (including phenoxy) is 1. The van der Waals surface area contributed by atoms with Gasteiger partial charge in [-0.2, -0.15) is 0 Å². The highest BCUT2D eigenvalue weighted by Gasteiger charge is 2.09. The van der Waals surface area contributed by atoms with Crippen LogP contribution in [0.1, 0.15) is 16.8 Å². The van der Waals surface area contributed by atoms with Crippen molar-refractivity contribution in [2.75, 3.05) is 5.73 Å². The van der Waals surface area contributed by atoms with Crippen LogP contribution in [0.15, 0.2) is 41.8 Å². The summed E-state index contributed by atoms with van der Waals surface area (Å²) in [6.45, 7) is 4.37. The van der Waals surface area contributed by atoms with E-state index in [0.29, 0.717) is 17.3 Å². The molecule has 0 aliphatic heterocycles. The van der Waals surface area contributed by atoms with Gasteiger partial charge in [0.25, 0.3) is 0 Å². The first-order chi connectivity index (χ1) is 11.0. The standard InChI is InChI=1S/C18H17ClN2OS/c1-11-8-13(18-21-12(2)10-23-18)6-7-17(11)22-9-14-15(19)4-3-5-16(14)20/h3-8,10H,9,20H2,1-2H3. The van der Waals surface area contributed by atoms with E-state index in [1.807, 2.05) is 44.2 Å². The van der Waals surface area contributed by atoms with E-state index in [-0.39, 0.29) is 0 Å². The van der Waals surface area contributed by atoms with Gasteiger partial charge in [0.1, 0.15) is 17.4 Å².